The minimum Gasteiger partial charge on any atom is -0.497 e. The Hall–Kier alpha value is -2.58. The van der Waals surface area contributed by atoms with Crippen molar-refractivity contribution in [2.45, 2.75) is 31.1 Å². The van der Waals surface area contributed by atoms with Crippen molar-refractivity contribution < 1.29 is 22.7 Å². The highest BCUT2D eigenvalue weighted by Crippen LogP contribution is 2.24. The average molecular weight is 447 g/mol. The summed E-state index contributed by atoms with van der Waals surface area (Å²) in [6.07, 6.45) is 1.53. The molecule has 7 nitrogen and oxygen atoms in total. The molecule has 1 saturated heterocycles. The van der Waals surface area contributed by atoms with Crippen LogP contribution in [-0.2, 0) is 21.2 Å². The molecule has 168 valence electrons. The second-order valence-electron chi connectivity index (χ2n) is 7.67. The van der Waals surface area contributed by atoms with Crippen LogP contribution in [-0.4, -0.2) is 63.9 Å². The monoisotopic (exact) mass is 446 g/mol. The van der Waals surface area contributed by atoms with Crippen LogP contribution in [0.2, 0.25) is 0 Å². The first-order valence-electron chi connectivity index (χ1n) is 10.4. The van der Waals surface area contributed by atoms with E-state index in [-0.39, 0.29) is 5.91 Å². The van der Waals surface area contributed by atoms with Gasteiger partial charge in [-0.05, 0) is 49.6 Å². The van der Waals surface area contributed by atoms with Crippen LogP contribution < -0.4 is 9.47 Å². The molecule has 2 aromatic carbocycles. The Balaban J connectivity index is 1.60. The van der Waals surface area contributed by atoms with E-state index in [2.05, 4.69) is 0 Å². The van der Waals surface area contributed by atoms with Gasteiger partial charge in [0.05, 0.1) is 19.1 Å². The lowest BCUT2D eigenvalue weighted by atomic mass is 10.1. The SMILES string of the molecule is COc1cc(CCC(=O)N2CCCN(S(=O)(=O)c3ccc(C)cc3)CC2)cc(OC)c1. The van der Waals surface area contributed by atoms with Gasteiger partial charge < -0.3 is 14.4 Å². The molecule has 31 heavy (non-hydrogen) atoms. The summed E-state index contributed by atoms with van der Waals surface area (Å²) < 4.78 is 38.0. The molecule has 0 spiro atoms. The number of methoxy groups -OCH3 is 2. The summed E-state index contributed by atoms with van der Waals surface area (Å²) in [7, 11) is -0.365. The van der Waals surface area contributed by atoms with Gasteiger partial charge in [0.1, 0.15) is 11.5 Å². The fraction of sp³-hybridized carbons (Fsp3) is 0.435. The van der Waals surface area contributed by atoms with E-state index in [0.717, 1.165) is 11.1 Å². The van der Waals surface area contributed by atoms with Crippen molar-refractivity contribution in [1.29, 1.82) is 0 Å². The third kappa shape index (κ3) is 5.77. The molecule has 0 N–H and O–H groups in total. The largest absolute Gasteiger partial charge is 0.497 e. The molecule has 8 heteroatoms. The fourth-order valence-electron chi connectivity index (χ4n) is 3.66. The van der Waals surface area contributed by atoms with Crippen molar-refractivity contribution in [3.05, 3.63) is 53.6 Å². The predicted molar refractivity (Wildman–Crippen MR) is 119 cm³/mol. The number of benzene rings is 2. The van der Waals surface area contributed by atoms with Crippen molar-refractivity contribution in [2.24, 2.45) is 0 Å². The summed E-state index contributed by atoms with van der Waals surface area (Å²) in [5.74, 6) is 1.40. The van der Waals surface area contributed by atoms with Gasteiger partial charge in [-0.25, -0.2) is 8.42 Å². The van der Waals surface area contributed by atoms with Gasteiger partial charge in [-0.3, -0.25) is 4.79 Å². The van der Waals surface area contributed by atoms with E-state index in [9.17, 15) is 13.2 Å². The number of sulfonamides is 1. The number of carbonyl (C=O) groups is 1. The molecule has 3 rings (SSSR count). The lowest BCUT2D eigenvalue weighted by molar-refractivity contribution is -0.131. The zero-order valence-corrected chi connectivity index (χ0v) is 19.2. The van der Waals surface area contributed by atoms with Gasteiger partial charge in [0.25, 0.3) is 0 Å². The number of rotatable bonds is 7. The molecule has 2 aromatic rings. The molecule has 1 fully saturated rings. The van der Waals surface area contributed by atoms with Crippen LogP contribution in [0.1, 0.15) is 24.0 Å². The Morgan fingerprint density at radius 3 is 2.19 bits per heavy atom. The van der Waals surface area contributed by atoms with Crippen LogP contribution in [0.15, 0.2) is 47.4 Å². The second kappa shape index (κ2) is 10.2. The van der Waals surface area contributed by atoms with E-state index in [1.165, 1.54) is 4.31 Å². The summed E-state index contributed by atoms with van der Waals surface area (Å²) in [4.78, 5) is 14.9. The Bertz CT molecular complexity index is 983. The standard InChI is InChI=1S/C23H30N2O5S/c1-18-5-8-22(9-6-18)31(27,28)25-12-4-11-24(13-14-25)23(26)10-7-19-15-20(29-2)17-21(16-19)30-3/h5-6,8-9,15-17H,4,7,10-14H2,1-3H3. The molecule has 0 atom stereocenters. The minimum absolute atomic E-state index is 0.0244. The Morgan fingerprint density at radius 1 is 0.935 bits per heavy atom. The topological polar surface area (TPSA) is 76.2 Å². The first kappa shape index (κ1) is 23.1. The number of ether oxygens (including phenoxy) is 2. The number of amides is 1. The number of carbonyl (C=O) groups excluding carboxylic acids is 1. The van der Waals surface area contributed by atoms with Gasteiger partial charge in [-0.1, -0.05) is 17.7 Å². The van der Waals surface area contributed by atoms with E-state index >= 15 is 0 Å². The molecular weight excluding hydrogens is 416 g/mol. The first-order chi connectivity index (χ1) is 14.8. The molecule has 0 unspecified atom stereocenters. The first-order valence-corrected chi connectivity index (χ1v) is 11.8. The van der Waals surface area contributed by atoms with Crippen molar-refractivity contribution in [3.63, 3.8) is 0 Å². The van der Waals surface area contributed by atoms with E-state index in [4.69, 9.17) is 9.47 Å². The Kier molecular flexibility index (Phi) is 7.56. The van der Waals surface area contributed by atoms with Crippen LogP contribution >= 0.6 is 0 Å². The zero-order chi connectivity index (χ0) is 22.4. The summed E-state index contributed by atoms with van der Waals surface area (Å²) in [6, 6.07) is 12.5. The van der Waals surface area contributed by atoms with E-state index < -0.39 is 10.0 Å². The molecule has 0 aromatic heterocycles. The van der Waals surface area contributed by atoms with Gasteiger partial charge in [0, 0.05) is 38.7 Å². The highest BCUT2D eigenvalue weighted by atomic mass is 32.2. The number of hydrogen-bond donors (Lipinski definition) is 0. The molecule has 1 heterocycles. The lowest BCUT2D eigenvalue weighted by Gasteiger charge is -2.22. The van der Waals surface area contributed by atoms with Crippen LogP contribution in [0.4, 0.5) is 0 Å². The fourth-order valence-corrected chi connectivity index (χ4v) is 5.13. The van der Waals surface area contributed by atoms with Gasteiger partial charge in [0.15, 0.2) is 0 Å². The quantitative estimate of drug-likeness (QED) is 0.654. The maximum atomic E-state index is 13.0. The Labute approximate surface area is 184 Å². The third-order valence-electron chi connectivity index (χ3n) is 5.51. The number of hydrogen-bond acceptors (Lipinski definition) is 5. The highest BCUT2D eigenvalue weighted by molar-refractivity contribution is 7.89. The zero-order valence-electron chi connectivity index (χ0n) is 18.3. The van der Waals surface area contributed by atoms with Crippen molar-refractivity contribution in [3.8, 4) is 11.5 Å². The van der Waals surface area contributed by atoms with Crippen molar-refractivity contribution in [2.75, 3.05) is 40.4 Å². The molecule has 0 aliphatic carbocycles. The number of aryl methyl sites for hydroxylation is 2. The summed E-state index contributed by atoms with van der Waals surface area (Å²) in [5, 5.41) is 0. The van der Waals surface area contributed by atoms with Crippen LogP contribution in [0, 0.1) is 6.92 Å². The van der Waals surface area contributed by atoms with E-state index in [1.807, 2.05) is 19.1 Å². The Morgan fingerprint density at radius 2 is 1.58 bits per heavy atom. The smallest absolute Gasteiger partial charge is 0.243 e. The maximum Gasteiger partial charge on any atom is 0.243 e. The molecule has 1 aliphatic rings. The van der Waals surface area contributed by atoms with Crippen LogP contribution in [0.25, 0.3) is 0 Å². The predicted octanol–water partition coefficient (Wildman–Crippen LogP) is 2.87. The van der Waals surface area contributed by atoms with Gasteiger partial charge in [-0.2, -0.15) is 4.31 Å². The van der Waals surface area contributed by atoms with E-state index in [1.54, 1.807) is 49.5 Å². The molecule has 1 aliphatic heterocycles. The van der Waals surface area contributed by atoms with E-state index in [0.29, 0.717) is 61.8 Å². The summed E-state index contributed by atoms with van der Waals surface area (Å²) in [5.41, 5.74) is 1.98. The minimum atomic E-state index is -3.55. The lowest BCUT2D eigenvalue weighted by Crippen LogP contribution is -2.37. The molecule has 0 bridgehead atoms. The molecule has 0 saturated carbocycles. The van der Waals surface area contributed by atoms with Crippen LogP contribution in [0.5, 0.6) is 11.5 Å². The average Bonchev–Trinajstić information content (AvgIpc) is 3.04. The summed E-state index contributed by atoms with van der Waals surface area (Å²) in [6.45, 7) is 3.58. The molecule has 1 amide bonds. The maximum absolute atomic E-state index is 13.0. The number of nitrogens with zero attached hydrogens (tertiary/aromatic N) is 2. The third-order valence-corrected chi connectivity index (χ3v) is 7.42. The molecular formula is C23H30N2O5S. The second-order valence-corrected chi connectivity index (χ2v) is 9.61. The normalized spacial score (nSPS) is 15.4. The van der Waals surface area contributed by atoms with Crippen molar-refractivity contribution >= 4 is 15.9 Å². The van der Waals surface area contributed by atoms with Crippen LogP contribution in [0.3, 0.4) is 0 Å². The van der Waals surface area contributed by atoms with Gasteiger partial charge in [-0.15, -0.1) is 0 Å². The van der Waals surface area contributed by atoms with Crippen molar-refractivity contribution in [1.82, 2.24) is 9.21 Å². The van der Waals surface area contributed by atoms with Gasteiger partial charge >= 0.3 is 0 Å². The molecule has 0 radical (unpaired) electrons. The summed E-state index contributed by atoms with van der Waals surface area (Å²) >= 11 is 0. The highest BCUT2D eigenvalue weighted by Gasteiger charge is 2.28. The van der Waals surface area contributed by atoms with Gasteiger partial charge in [0.2, 0.25) is 15.9 Å².